The zero-order valence-electron chi connectivity index (χ0n) is 15.3. The molecule has 3 heteroatoms. The van der Waals surface area contributed by atoms with Crippen molar-refractivity contribution in [3.05, 3.63) is 29.3 Å². The predicted molar refractivity (Wildman–Crippen MR) is 100 cm³/mol. The van der Waals surface area contributed by atoms with Crippen LogP contribution in [0.2, 0.25) is 0 Å². The van der Waals surface area contributed by atoms with Crippen LogP contribution in [0.1, 0.15) is 88.7 Å². The Morgan fingerprint density at radius 2 is 1.33 bits per heavy atom. The van der Waals surface area contributed by atoms with Crippen molar-refractivity contribution in [3.63, 3.8) is 0 Å². The smallest absolute Gasteiger partial charge is 0.155 e. The number of aryl methyl sites for hydroxylation is 1. The second-order valence-electron chi connectivity index (χ2n) is 6.89. The van der Waals surface area contributed by atoms with Crippen molar-refractivity contribution in [2.45, 2.75) is 96.7 Å². The molecule has 0 aromatic heterocycles. The van der Waals surface area contributed by atoms with E-state index in [4.69, 9.17) is 10.2 Å². The van der Waals surface area contributed by atoms with Crippen molar-refractivity contribution in [2.24, 2.45) is 0 Å². The van der Waals surface area contributed by atoms with Gasteiger partial charge in [-0.3, -0.25) is 0 Å². The molecule has 0 saturated carbocycles. The van der Waals surface area contributed by atoms with Crippen LogP contribution in [0.3, 0.4) is 0 Å². The van der Waals surface area contributed by atoms with Gasteiger partial charge >= 0.3 is 0 Å². The summed E-state index contributed by atoms with van der Waals surface area (Å²) in [6.45, 7) is 2.26. The summed E-state index contributed by atoms with van der Waals surface area (Å²) in [6.07, 6.45) is 14.1. The largest absolute Gasteiger partial charge is 0.508 e. The predicted octanol–water partition coefficient (Wildman–Crippen LogP) is 5.10. The number of rotatable bonds is 14. The van der Waals surface area contributed by atoms with Gasteiger partial charge in [-0.25, -0.2) is 0 Å². The fourth-order valence-corrected chi connectivity index (χ4v) is 3.25. The highest BCUT2D eigenvalue weighted by molar-refractivity contribution is 5.39. The van der Waals surface area contributed by atoms with Crippen LogP contribution in [-0.4, -0.2) is 21.6 Å². The summed E-state index contributed by atoms with van der Waals surface area (Å²) in [5, 5.41) is 28.2. The van der Waals surface area contributed by atoms with Gasteiger partial charge in [-0.2, -0.15) is 0 Å². The topological polar surface area (TPSA) is 60.7 Å². The number of aromatic hydroxyl groups is 1. The quantitative estimate of drug-likeness (QED) is 0.327. The molecule has 0 aliphatic rings. The molecule has 1 rings (SSSR count). The average molecular weight is 337 g/mol. The minimum absolute atomic E-state index is 0.0973. The Morgan fingerprint density at radius 1 is 0.792 bits per heavy atom. The zero-order chi connectivity index (χ0) is 17.6. The molecule has 0 spiro atoms. The number of phenols is 1. The van der Waals surface area contributed by atoms with Crippen molar-refractivity contribution in [2.75, 3.05) is 0 Å². The first-order valence-electron chi connectivity index (χ1n) is 9.81. The van der Waals surface area contributed by atoms with Crippen molar-refractivity contribution < 1.29 is 15.3 Å². The lowest BCUT2D eigenvalue weighted by Crippen LogP contribution is -2.10. The number of phenolic OH excluding ortho intramolecular Hbond substituents is 1. The van der Waals surface area contributed by atoms with Gasteiger partial charge in [-0.1, -0.05) is 83.3 Å². The van der Waals surface area contributed by atoms with Crippen LogP contribution < -0.4 is 0 Å². The molecule has 0 radical (unpaired) electrons. The fraction of sp³-hybridized carbons (Fsp3) is 0.714. The normalized spacial score (nSPS) is 11.3. The van der Waals surface area contributed by atoms with Crippen LogP contribution in [0, 0.1) is 0 Å². The lowest BCUT2D eigenvalue weighted by Gasteiger charge is -2.12. The molecule has 0 aliphatic carbocycles. The van der Waals surface area contributed by atoms with E-state index in [0.29, 0.717) is 5.56 Å². The Morgan fingerprint density at radius 3 is 1.88 bits per heavy atom. The van der Waals surface area contributed by atoms with Gasteiger partial charge in [-0.05, 0) is 24.5 Å². The molecular weight excluding hydrogens is 300 g/mol. The molecule has 0 aliphatic heterocycles. The average Bonchev–Trinajstić information content (AvgIpc) is 2.55. The van der Waals surface area contributed by atoms with E-state index in [1.54, 1.807) is 6.07 Å². The highest BCUT2D eigenvalue weighted by Gasteiger charge is 2.10. The summed E-state index contributed by atoms with van der Waals surface area (Å²) < 4.78 is 0. The summed E-state index contributed by atoms with van der Waals surface area (Å²) in [7, 11) is 0. The Hall–Kier alpha value is -1.06. The van der Waals surface area contributed by atoms with Gasteiger partial charge in [0.1, 0.15) is 5.75 Å². The highest BCUT2D eigenvalue weighted by atomic mass is 16.5. The molecule has 0 atom stereocenters. The monoisotopic (exact) mass is 336 g/mol. The van der Waals surface area contributed by atoms with Gasteiger partial charge in [0.05, 0.1) is 0 Å². The summed E-state index contributed by atoms with van der Waals surface area (Å²) >= 11 is 0. The minimum Gasteiger partial charge on any atom is -0.508 e. The molecule has 0 saturated heterocycles. The summed E-state index contributed by atoms with van der Waals surface area (Å²) in [6, 6.07) is 5.42. The van der Waals surface area contributed by atoms with Crippen LogP contribution in [0.4, 0.5) is 0 Å². The van der Waals surface area contributed by atoms with E-state index < -0.39 is 6.29 Å². The Bertz CT molecular complexity index is 429. The number of benzene rings is 1. The molecule has 138 valence electrons. The number of unbranched alkanes of at least 4 members (excludes halogenated alkanes) is 10. The van der Waals surface area contributed by atoms with Crippen molar-refractivity contribution in [1.29, 1.82) is 0 Å². The van der Waals surface area contributed by atoms with Gasteiger partial charge in [0, 0.05) is 12.0 Å². The molecule has 0 bridgehead atoms. The van der Waals surface area contributed by atoms with Crippen LogP contribution >= 0.6 is 0 Å². The molecular formula is C21H36O3. The Balaban J connectivity index is 2.12. The molecule has 3 N–H and O–H groups in total. The van der Waals surface area contributed by atoms with E-state index in [-0.39, 0.29) is 12.2 Å². The number of aliphatic hydroxyl groups is 2. The van der Waals surface area contributed by atoms with E-state index >= 15 is 0 Å². The molecule has 3 nitrogen and oxygen atoms in total. The first-order chi connectivity index (χ1) is 11.6. The standard InChI is InChI=1S/C21H36O3/c1-2-3-4-5-6-7-8-9-10-11-12-14-18-15-13-16-20(22)19(18)17-21(23)24/h13,15-16,21-24H,2-12,14,17H2,1H3. The lowest BCUT2D eigenvalue weighted by molar-refractivity contribution is -0.0386. The third-order valence-electron chi connectivity index (χ3n) is 4.68. The second kappa shape index (κ2) is 13.3. The number of aliphatic hydroxyl groups excluding tert-OH is 1. The summed E-state index contributed by atoms with van der Waals surface area (Å²) in [5.74, 6) is 0.170. The second-order valence-corrected chi connectivity index (χ2v) is 6.89. The third kappa shape index (κ3) is 9.29. The van der Waals surface area contributed by atoms with Gasteiger partial charge in [0.2, 0.25) is 0 Å². The SMILES string of the molecule is CCCCCCCCCCCCCc1cccc(O)c1CC(O)O. The Labute approximate surface area is 147 Å². The maximum atomic E-state index is 9.90. The maximum absolute atomic E-state index is 9.90. The zero-order valence-corrected chi connectivity index (χ0v) is 15.3. The van der Waals surface area contributed by atoms with Crippen molar-refractivity contribution in [1.82, 2.24) is 0 Å². The van der Waals surface area contributed by atoms with Crippen molar-refractivity contribution in [3.8, 4) is 5.75 Å². The molecule has 0 amide bonds. The van der Waals surface area contributed by atoms with Crippen LogP contribution in [0.15, 0.2) is 18.2 Å². The molecule has 1 aromatic carbocycles. The van der Waals surface area contributed by atoms with Crippen LogP contribution in [-0.2, 0) is 12.8 Å². The fourth-order valence-electron chi connectivity index (χ4n) is 3.25. The van der Waals surface area contributed by atoms with Crippen molar-refractivity contribution >= 4 is 0 Å². The molecule has 0 heterocycles. The van der Waals surface area contributed by atoms with Crippen LogP contribution in [0.25, 0.3) is 0 Å². The van der Waals surface area contributed by atoms with Gasteiger partial charge in [0.15, 0.2) is 6.29 Å². The van der Waals surface area contributed by atoms with E-state index in [1.807, 2.05) is 12.1 Å². The third-order valence-corrected chi connectivity index (χ3v) is 4.68. The number of hydrogen-bond acceptors (Lipinski definition) is 3. The lowest BCUT2D eigenvalue weighted by atomic mass is 9.97. The highest BCUT2D eigenvalue weighted by Crippen LogP contribution is 2.24. The molecule has 0 fully saturated rings. The first-order valence-corrected chi connectivity index (χ1v) is 9.81. The van der Waals surface area contributed by atoms with Crippen LogP contribution in [0.5, 0.6) is 5.75 Å². The van der Waals surface area contributed by atoms with E-state index in [0.717, 1.165) is 18.4 Å². The maximum Gasteiger partial charge on any atom is 0.155 e. The molecule has 24 heavy (non-hydrogen) atoms. The minimum atomic E-state index is -1.41. The van der Waals surface area contributed by atoms with E-state index in [1.165, 1.54) is 64.2 Å². The van der Waals surface area contributed by atoms with Gasteiger partial charge in [0.25, 0.3) is 0 Å². The van der Waals surface area contributed by atoms with Gasteiger partial charge < -0.3 is 15.3 Å². The van der Waals surface area contributed by atoms with E-state index in [9.17, 15) is 5.11 Å². The summed E-state index contributed by atoms with van der Waals surface area (Å²) in [5.41, 5.74) is 1.72. The summed E-state index contributed by atoms with van der Waals surface area (Å²) in [4.78, 5) is 0. The van der Waals surface area contributed by atoms with Gasteiger partial charge in [-0.15, -0.1) is 0 Å². The Kier molecular flexibility index (Phi) is 11.6. The molecule has 0 unspecified atom stereocenters. The number of hydrogen-bond donors (Lipinski definition) is 3. The molecule has 1 aromatic rings. The first kappa shape index (κ1) is 21.0. The van der Waals surface area contributed by atoms with E-state index in [2.05, 4.69) is 6.92 Å².